The maximum atomic E-state index is 12.6. The molecule has 1 aromatic rings. The molecule has 0 radical (unpaired) electrons. The van der Waals surface area contributed by atoms with E-state index in [-0.39, 0.29) is 5.56 Å². The van der Waals surface area contributed by atoms with Crippen LogP contribution in [-0.4, -0.2) is 15.1 Å². The zero-order valence-electron chi connectivity index (χ0n) is 8.18. The lowest BCUT2D eigenvalue weighted by Crippen LogP contribution is -2.19. The van der Waals surface area contributed by atoms with Crippen molar-refractivity contribution in [2.45, 2.75) is 25.3 Å². The summed E-state index contributed by atoms with van der Waals surface area (Å²) in [5.41, 5.74) is 1.57. The Balaban J connectivity index is 3.14. The zero-order chi connectivity index (χ0) is 11.1. The second-order valence-corrected chi connectivity index (χ2v) is 3.83. The van der Waals surface area contributed by atoms with Crippen molar-refractivity contribution in [2.24, 2.45) is 7.05 Å². The molecule has 1 rings (SSSR count). The lowest BCUT2D eigenvalue weighted by molar-refractivity contribution is -0.0427. The van der Waals surface area contributed by atoms with E-state index >= 15 is 0 Å². The van der Waals surface area contributed by atoms with Gasteiger partial charge in [-0.3, -0.25) is 0 Å². The Morgan fingerprint density at radius 1 is 1.50 bits per heavy atom. The van der Waals surface area contributed by atoms with Gasteiger partial charge in [0.25, 0.3) is 0 Å². The topological polar surface area (TPSA) is 25.2 Å². The van der Waals surface area contributed by atoms with Crippen LogP contribution in [0.15, 0.2) is 6.07 Å². The molecule has 2 nitrogen and oxygen atoms in total. The molecule has 80 valence electrons. The highest BCUT2D eigenvalue weighted by Gasteiger charge is 2.38. The summed E-state index contributed by atoms with van der Waals surface area (Å²) in [6.45, 7) is 3.43. The van der Waals surface area contributed by atoms with Crippen LogP contribution in [0.2, 0.25) is 0 Å². The lowest BCUT2D eigenvalue weighted by Gasteiger charge is -2.15. The van der Waals surface area contributed by atoms with E-state index < -0.39 is 11.5 Å². The van der Waals surface area contributed by atoms with Crippen LogP contribution in [0.5, 0.6) is 0 Å². The van der Waals surface area contributed by atoms with Gasteiger partial charge in [0.05, 0.1) is 0 Å². The van der Waals surface area contributed by atoms with Gasteiger partial charge in [0.1, 0.15) is 0 Å². The highest BCUT2D eigenvalue weighted by atomic mass is 35.5. The fourth-order valence-corrected chi connectivity index (χ4v) is 1.46. The molecular formula is C9H12ClF2NO. The number of alkyl halides is 3. The van der Waals surface area contributed by atoms with Crippen LogP contribution >= 0.6 is 11.6 Å². The van der Waals surface area contributed by atoms with E-state index in [1.165, 1.54) is 6.07 Å². The average molecular weight is 224 g/mol. The number of halogens is 3. The van der Waals surface area contributed by atoms with Crippen molar-refractivity contribution in [3.63, 3.8) is 0 Å². The van der Waals surface area contributed by atoms with Crippen molar-refractivity contribution in [2.75, 3.05) is 0 Å². The molecule has 0 aliphatic rings. The summed E-state index contributed by atoms with van der Waals surface area (Å²) in [6, 6.07) is 1.51. The molecular weight excluding hydrogens is 212 g/mol. The van der Waals surface area contributed by atoms with Gasteiger partial charge in [-0.25, -0.2) is 0 Å². The maximum absolute atomic E-state index is 12.6. The van der Waals surface area contributed by atoms with E-state index in [1.807, 2.05) is 0 Å². The first-order chi connectivity index (χ1) is 6.25. The van der Waals surface area contributed by atoms with Crippen LogP contribution in [0.1, 0.15) is 23.1 Å². The Hall–Kier alpha value is -0.610. The molecule has 0 aliphatic heterocycles. The normalized spacial score (nSPS) is 14.5. The summed E-state index contributed by atoms with van der Waals surface area (Å²) in [5.74, 6) is 0. The van der Waals surface area contributed by atoms with Gasteiger partial charge in [0.2, 0.25) is 0 Å². The third-order valence-corrected chi connectivity index (χ3v) is 2.63. The number of aliphatic hydroxyl groups is 1. The van der Waals surface area contributed by atoms with Gasteiger partial charge in [0, 0.05) is 24.0 Å². The van der Waals surface area contributed by atoms with Crippen LogP contribution in [0, 0.1) is 13.8 Å². The molecule has 1 atom stereocenters. The Morgan fingerprint density at radius 2 is 2.00 bits per heavy atom. The largest absolute Gasteiger partial charge is 0.381 e. The second kappa shape index (κ2) is 3.51. The summed E-state index contributed by atoms with van der Waals surface area (Å²) in [5, 5.41) is 5.65. The first-order valence-corrected chi connectivity index (χ1v) is 4.50. The van der Waals surface area contributed by atoms with Crippen molar-refractivity contribution in [3.05, 3.63) is 23.0 Å². The van der Waals surface area contributed by atoms with Crippen molar-refractivity contribution in [1.82, 2.24) is 4.57 Å². The Labute approximate surface area is 86.1 Å². The van der Waals surface area contributed by atoms with Crippen molar-refractivity contribution >= 4 is 11.6 Å². The molecule has 14 heavy (non-hydrogen) atoms. The van der Waals surface area contributed by atoms with Crippen molar-refractivity contribution in [3.8, 4) is 0 Å². The predicted octanol–water partition coefficient (Wildman–Crippen LogP) is 2.51. The highest BCUT2D eigenvalue weighted by molar-refractivity contribution is 6.22. The first kappa shape index (κ1) is 11.5. The molecule has 0 aliphatic carbocycles. The van der Waals surface area contributed by atoms with Gasteiger partial charge >= 0.3 is 5.38 Å². The fraction of sp³-hybridized carbons (Fsp3) is 0.556. The molecule has 0 aromatic carbocycles. The van der Waals surface area contributed by atoms with Crippen LogP contribution in [0.3, 0.4) is 0 Å². The predicted molar refractivity (Wildman–Crippen MR) is 50.6 cm³/mol. The number of rotatable bonds is 2. The molecule has 1 unspecified atom stereocenters. The summed E-state index contributed by atoms with van der Waals surface area (Å²) in [6.07, 6.45) is -1.95. The molecule has 1 N–H and O–H groups in total. The van der Waals surface area contributed by atoms with E-state index in [0.29, 0.717) is 5.69 Å². The minimum atomic E-state index is -3.63. The Bertz CT molecular complexity index is 343. The van der Waals surface area contributed by atoms with E-state index in [9.17, 15) is 13.9 Å². The van der Waals surface area contributed by atoms with Crippen LogP contribution in [0.25, 0.3) is 0 Å². The third kappa shape index (κ3) is 1.91. The number of aliphatic hydroxyl groups excluding tert-OH is 1. The number of hydrogen-bond acceptors (Lipinski definition) is 1. The molecule has 1 aromatic heterocycles. The molecule has 0 fully saturated rings. The number of aryl methyl sites for hydroxylation is 1. The quantitative estimate of drug-likeness (QED) is 0.766. The van der Waals surface area contributed by atoms with Crippen molar-refractivity contribution < 1.29 is 13.9 Å². The number of nitrogens with zero attached hydrogens (tertiary/aromatic N) is 1. The third-order valence-electron chi connectivity index (χ3n) is 2.42. The molecule has 0 spiro atoms. The summed E-state index contributed by atoms with van der Waals surface area (Å²) in [7, 11) is 1.74. The minimum absolute atomic E-state index is 0.171. The van der Waals surface area contributed by atoms with Gasteiger partial charge in [-0.05, 0) is 31.5 Å². The highest BCUT2D eigenvalue weighted by Crippen LogP contribution is 2.36. The maximum Gasteiger partial charge on any atom is 0.351 e. The molecule has 0 amide bonds. The smallest absolute Gasteiger partial charge is 0.351 e. The molecule has 0 bridgehead atoms. The van der Waals surface area contributed by atoms with E-state index in [2.05, 4.69) is 0 Å². The van der Waals surface area contributed by atoms with Crippen molar-refractivity contribution in [1.29, 1.82) is 0 Å². The standard InChI is InChI=1S/C9H12ClF2NO/c1-5-4-7(6(2)13(5)3)8(14)9(10,11)12/h4,8,14H,1-3H3. The van der Waals surface area contributed by atoms with Crippen LogP contribution in [0.4, 0.5) is 8.78 Å². The fourth-order valence-electron chi connectivity index (χ4n) is 1.34. The molecule has 0 saturated carbocycles. The van der Waals surface area contributed by atoms with Gasteiger partial charge in [-0.1, -0.05) is 0 Å². The Kier molecular flexibility index (Phi) is 2.88. The number of hydrogen-bond donors (Lipinski definition) is 1. The van der Waals surface area contributed by atoms with E-state index in [0.717, 1.165) is 5.69 Å². The monoisotopic (exact) mass is 223 g/mol. The summed E-state index contributed by atoms with van der Waals surface area (Å²) in [4.78, 5) is 0. The van der Waals surface area contributed by atoms with Gasteiger partial charge < -0.3 is 9.67 Å². The lowest BCUT2D eigenvalue weighted by atomic mass is 10.1. The minimum Gasteiger partial charge on any atom is -0.381 e. The first-order valence-electron chi connectivity index (χ1n) is 4.12. The average Bonchev–Trinajstić information content (AvgIpc) is 2.30. The summed E-state index contributed by atoms with van der Waals surface area (Å²) < 4.78 is 27.0. The van der Waals surface area contributed by atoms with E-state index in [1.54, 1.807) is 25.5 Å². The SMILES string of the molecule is Cc1cc(C(O)C(F)(F)Cl)c(C)n1C. The van der Waals surface area contributed by atoms with Gasteiger partial charge in [-0.15, -0.1) is 0 Å². The zero-order valence-corrected chi connectivity index (χ0v) is 8.94. The van der Waals surface area contributed by atoms with Gasteiger partial charge in [0.15, 0.2) is 6.10 Å². The van der Waals surface area contributed by atoms with Crippen LogP contribution in [-0.2, 0) is 7.05 Å². The number of aromatic nitrogens is 1. The molecule has 0 saturated heterocycles. The van der Waals surface area contributed by atoms with Crippen LogP contribution < -0.4 is 0 Å². The molecule has 1 heterocycles. The Morgan fingerprint density at radius 3 is 2.29 bits per heavy atom. The molecule has 5 heteroatoms. The van der Waals surface area contributed by atoms with Gasteiger partial charge in [-0.2, -0.15) is 8.78 Å². The second-order valence-electron chi connectivity index (χ2n) is 3.33. The van der Waals surface area contributed by atoms with E-state index in [4.69, 9.17) is 11.6 Å². The summed E-state index contributed by atoms with van der Waals surface area (Å²) >= 11 is 4.76.